The van der Waals surface area contributed by atoms with E-state index in [9.17, 15) is 9.18 Å². The minimum atomic E-state index is -0.716. The molecule has 1 atom stereocenters. The quantitative estimate of drug-likeness (QED) is 0.817. The number of carbonyl (C=O) groups is 1. The molecule has 1 aromatic carbocycles. The Hall–Kier alpha value is -0.800. The summed E-state index contributed by atoms with van der Waals surface area (Å²) in [5.41, 5.74) is 0.599. The molecule has 0 heterocycles. The van der Waals surface area contributed by atoms with Crippen molar-refractivity contribution >= 4 is 29.1 Å². The molecule has 1 unspecified atom stereocenters. The largest absolute Gasteiger partial charge is 0.358 e. The van der Waals surface area contributed by atoms with E-state index < -0.39 is 11.2 Å². The van der Waals surface area contributed by atoms with E-state index in [1.165, 1.54) is 13.1 Å². The molecule has 0 fully saturated rings. The molecule has 1 rings (SSSR count). The van der Waals surface area contributed by atoms with Crippen molar-refractivity contribution < 1.29 is 9.18 Å². The third-order valence-electron chi connectivity index (χ3n) is 1.87. The van der Waals surface area contributed by atoms with Crippen molar-refractivity contribution in [1.82, 2.24) is 5.32 Å². The number of benzene rings is 1. The molecular weight excluding hydrogens is 240 g/mol. The third-order valence-corrected chi connectivity index (χ3v) is 2.58. The van der Waals surface area contributed by atoms with E-state index in [1.54, 1.807) is 0 Å². The number of amides is 1. The molecule has 0 saturated carbocycles. The zero-order valence-corrected chi connectivity index (χ0v) is 9.49. The van der Waals surface area contributed by atoms with Crippen LogP contribution in [-0.4, -0.2) is 18.3 Å². The van der Waals surface area contributed by atoms with E-state index in [2.05, 4.69) is 11.4 Å². The molecule has 0 aliphatic rings. The second kappa shape index (κ2) is 5.33. The van der Waals surface area contributed by atoms with Crippen molar-refractivity contribution in [2.75, 3.05) is 7.05 Å². The average Bonchev–Trinajstić information content (AvgIpc) is 2.20. The SMILES string of the molecule is CNC(=O)C(Cl)Cc1c[c]c(F)cc1Cl. The molecule has 0 aliphatic heterocycles. The Bertz CT molecular complexity index is 370. The lowest BCUT2D eigenvalue weighted by molar-refractivity contribution is -0.120. The van der Waals surface area contributed by atoms with Gasteiger partial charge in [-0.15, -0.1) is 11.6 Å². The lowest BCUT2D eigenvalue weighted by atomic mass is 10.1. The molecule has 2 nitrogen and oxygen atoms in total. The fourth-order valence-electron chi connectivity index (χ4n) is 1.07. The van der Waals surface area contributed by atoms with Gasteiger partial charge in [-0.3, -0.25) is 4.79 Å². The highest BCUT2D eigenvalue weighted by Gasteiger charge is 2.15. The molecule has 1 radical (unpaired) electrons. The molecule has 5 heteroatoms. The maximum atomic E-state index is 12.7. The predicted octanol–water partition coefficient (Wildman–Crippen LogP) is 2.18. The molecule has 15 heavy (non-hydrogen) atoms. The standard InChI is InChI=1S/C10H9Cl2FNO/c1-14-10(15)9(12)4-6-2-3-7(13)5-8(6)11/h2,5,9H,4H2,1H3,(H,14,15). The van der Waals surface area contributed by atoms with Crippen molar-refractivity contribution in [3.8, 4) is 0 Å². The molecule has 1 N–H and O–H groups in total. The van der Waals surface area contributed by atoms with E-state index in [4.69, 9.17) is 23.2 Å². The first kappa shape index (κ1) is 12.3. The number of hydrogen-bond acceptors (Lipinski definition) is 1. The van der Waals surface area contributed by atoms with Gasteiger partial charge in [0.15, 0.2) is 0 Å². The van der Waals surface area contributed by atoms with E-state index in [0.717, 1.165) is 6.07 Å². The van der Waals surface area contributed by atoms with Gasteiger partial charge in [0.25, 0.3) is 0 Å². The number of carbonyl (C=O) groups excluding carboxylic acids is 1. The molecule has 1 aromatic rings. The lowest BCUT2D eigenvalue weighted by Gasteiger charge is -2.09. The average molecular weight is 249 g/mol. The van der Waals surface area contributed by atoms with Crippen LogP contribution in [0.15, 0.2) is 12.1 Å². The van der Waals surface area contributed by atoms with Gasteiger partial charge in [0.1, 0.15) is 11.2 Å². The van der Waals surface area contributed by atoms with Crippen LogP contribution < -0.4 is 5.32 Å². The highest BCUT2D eigenvalue weighted by molar-refractivity contribution is 6.32. The minimum absolute atomic E-state index is 0.247. The summed E-state index contributed by atoms with van der Waals surface area (Å²) in [6, 6.07) is 4.90. The van der Waals surface area contributed by atoms with E-state index in [0.29, 0.717) is 5.56 Å². The molecule has 0 spiro atoms. The Morgan fingerprint density at radius 3 is 2.93 bits per heavy atom. The first-order chi connectivity index (χ1) is 7.04. The summed E-state index contributed by atoms with van der Waals surface area (Å²) < 4.78 is 12.7. The minimum Gasteiger partial charge on any atom is -0.358 e. The van der Waals surface area contributed by atoms with E-state index in [-0.39, 0.29) is 17.4 Å². The number of hydrogen-bond donors (Lipinski definition) is 1. The summed E-state index contributed by atoms with van der Waals surface area (Å²) >= 11 is 11.6. The second-order valence-corrected chi connectivity index (χ2v) is 3.87. The second-order valence-electron chi connectivity index (χ2n) is 2.94. The van der Waals surface area contributed by atoms with Crippen LogP contribution in [0, 0.1) is 11.9 Å². The summed E-state index contributed by atoms with van der Waals surface area (Å²) in [7, 11) is 1.50. The van der Waals surface area contributed by atoms with Gasteiger partial charge < -0.3 is 5.32 Å². The monoisotopic (exact) mass is 248 g/mol. The summed E-state index contributed by atoms with van der Waals surface area (Å²) in [6.07, 6.45) is 0.247. The van der Waals surface area contributed by atoms with Gasteiger partial charge in [0, 0.05) is 18.1 Å². The number of nitrogens with one attached hydrogen (secondary N) is 1. The third kappa shape index (κ3) is 3.36. The van der Waals surface area contributed by atoms with Crippen molar-refractivity contribution in [1.29, 1.82) is 0 Å². The maximum Gasteiger partial charge on any atom is 0.238 e. The Morgan fingerprint density at radius 1 is 1.73 bits per heavy atom. The summed E-state index contributed by atoms with van der Waals surface area (Å²) in [4.78, 5) is 11.1. The fraction of sp³-hybridized carbons (Fsp3) is 0.300. The Kier molecular flexibility index (Phi) is 4.36. The van der Waals surface area contributed by atoms with Gasteiger partial charge >= 0.3 is 0 Å². The van der Waals surface area contributed by atoms with Crippen LogP contribution in [0.4, 0.5) is 4.39 Å². The first-order valence-electron chi connectivity index (χ1n) is 4.26. The highest BCUT2D eigenvalue weighted by atomic mass is 35.5. The smallest absolute Gasteiger partial charge is 0.238 e. The van der Waals surface area contributed by atoms with E-state index >= 15 is 0 Å². The molecule has 1 amide bonds. The molecule has 0 aliphatic carbocycles. The van der Waals surface area contributed by atoms with Crippen LogP contribution in [0.3, 0.4) is 0 Å². The maximum absolute atomic E-state index is 12.7. The molecular formula is C10H9Cl2FNO. The Balaban J connectivity index is 2.76. The molecule has 0 saturated heterocycles. The van der Waals surface area contributed by atoms with Crippen LogP contribution >= 0.6 is 23.2 Å². The van der Waals surface area contributed by atoms with Gasteiger partial charge in [0.05, 0.1) is 0 Å². The molecule has 0 aromatic heterocycles. The topological polar surface area (TPSA) is 29.1 Å². The van der Waals surface area contributed by atoms with Crippen LogP contribution in [0.5, 0.6) is 0 Å². The van der Waals surface area contributed by atoms with Gasteiger partial charge in [-0.1, -0.05) is 11.6 Å². The van der Waals surface area contributed by atoms with Crippen molar-refractivity contribution in [3.05, 3.63) is 34.6 Å². The lowest BCUT2D eigenvalue weighted by Crippen LogP contribution is -2.29. The van der Waals surface area contributed by atoms with Crippen LogP contribution in [0.1, 0.15) is 5.56 Å². The number of rotatable bonds is 3. The first-order valence-corrected chi connectivity index (χ1v) is 5.07. The van der Waals surface area contributed by atoms with Crippen molar-refractivity contribution in [3.63, 3.8) is 0 Å². The van der Waals surface area contributed by atoms with Gasteiger partial charge in [-0.25, -0.2) is 4.39 Å². The van der Waals surface area contributed by atoms with E-state index in [1.807, 2.05) is 0 Å². The van der Waals surface area contributed by atoms with Crippen LogP contribution in [0.2, 0.25) is 5.02 Å². The van der Waals surface area contributed by atoms with Crippen LogP contribution in [-0.2, 0) is 11.2 Å². The summed E-state index contributed by atoms with van der Waals surface area (Å²) in [6.45, 7) is 0. The number of alkyl halides is 1. The number of halogens is 3. The van der Waals surface area contributed by atoms with Crippen molar-refractivity contribution in [2.24, 2.45) is 0 Å². The zero-order valence-electron chi connectivity index (χ0n) is 7.98. The summed E-state index contributed by atoms with van der Waals surface area (Å²) in [5.74, 6) is -0.827. The fourth-order valence-corrected chi connectivity index (χ4v) is 1.57. The Labute approximate surface area is 97.4 Å². The highest BCUT2D eigenvalue weighted by Crippen LogP contribution is 2.19. The van der Waals surface area contributed by atoms with Gasteiger partial charge in [0.2, 0.25) is 5.91 Å². The predicted molar refractivity (Wildman–Crippen MR) is 57.7 cm³/mol. The van der Waals surface area contributed by atoms with Crippen molar-refractivity contribution in [2.45, 2.75) is 11.8 Å². The Morgan fingerprint density at radius 2 is 2.40 bits per heavy atom. The molecule has 81 valence electrons. The zero-order chi connectivity index (χ0) is 11.4. The summed E-state index contributed by atoms with van der Waals surface area (Å²) in [5, 5.41) is 1.95. The van der Waals surface area contributed by atoms with Gasteiger partial charge in [-0.2, -0.15) is 0 Å². The van der Waals surface area contributed by atoms with Crippen LogP contribution in [0.25, 0.3) is 0 Å². The molecule has 0 bridgehead atoms. The normalized spacial score (nSPS) is 12.3. The van der Waals surface area contributed by atoms with Gasteiger partial charge in [-0.05, 0) is 24.1 Å².